The van der Waals surface area contributed by atoms with E-state index in [1.165, 1.54) is 17.5 Å². The van der Waals surface area contributed by atoms with Crippen LogP contribution in [0.4, 0.5) is 5.69 Å². The number of nitrogens with two attached hydrogens (primary N) is 1. The second kappa shape index (κ2) is 6.21. The highest BCUT2D eigenvalue weighted by molar-refractivity contribution is 5.47. The molecule has 0 saturated carbocycles. The number of benzene rings is 1. The van der Waals surface area contributed by atoms with Crippen molar-refractivity contribution in [1.29, 1.82) is 0 Å². The summed E-state index contributed by atoms with van der Waals surface area (Å²) in [5.41, 5.74) is 9.48. The van der Waals surface area contributed by atoms with Gasteiger partial charge in [0.15, 0.2) is 0 Å². The van der Waals surface area contributed by atoms with Crippen molar-refractivity contribution in [3.8, 4) is 0 Å². The van der Waals surface area contributed by atoms with Crippen LogP contribution in [0.25, 0.3) is 0 Å². The highest BCUT2D eigenvalue weighted by Gasteiger charge is 2.21. The Morgan fingerprint density at radius 1 is 1.50 bits per heavy atom. The third-order valence-electron chi connectivity index (χ3n) is 3.82. The summed E-state index contributed by atoms with van der Waals surface area (Å²) in [6.07, 6.45) is 4.52. The topological polar surface area (TPSA) is 58.3 Å². The SMILES string of the molecule is CC(CO)CCCNC1CCc2cc(N)ccc21. The Kier molecular flexibility index (Phi) is 4.61. The van der Waals surface area contributed by atoms with Crippen LogP contribution in [0.2, 0.25) is 0 Å². The third kappa shape index (κ3) is 3.24. The van der Waals surface area contributed by atoms with Gasteiger partial charge >= 0.3 is 0 Å². The molecule has 2 atom stereocenters. The van der Waals surface area contributed by atoms with E-state index in [-0.39, 0.29) is 0 Å². The van der Waals surface area contributed by atoms with E-state index >= 15 is 0 Å². The lowest BCUT2D eigenvalue weighted by Crippen LogP contribution is -2.21. The molecule has 3 nitrogen and oxygen atoms in total. The zero-order valence-electron chi connectivity index (χ0n) is 11.2. The average molecular weight is 248 g/mol. The summed E-state index contributed by atoms with van der Waals surface area (Å²) in [5.74, 6) is 0.419. The molecular formula is C15H24N2O. The molecule has 2 rings (SSSR count). The molecule has 0 heterocycles. The molecule has 0 amide bonds. The maximum Gasteiger partial charge on any atom is 0.0456 e. The Labute approximate surface area is 109 Å². The first-order valence-corrected chi connectivity index (χ1v) is 6.93. The molecular weight excluding hydrogens is 224 g/mol. The fourth-order valence-corrected chi connectivity index (χ4v) is 2.67. The van der Waals surface area contributed by atoms with Crippen molar-refractivity contribution in [2.24, 2.45) is 5.92 Å². The van der Waals surface area contributed by atoms with E-state index in [0.717, 1.165) is 31.5 Å². The Morgan fingerprint density at radius 3 is 3.11 bits per heavy atom. The lowest BCUT2D eigenvalue weighted by molar-refractivity contribution is 0.227. The van der Waals surface area contributed by atoms with E-state index in [2.05, 4.69) is 24.4 Å². The van der Waals surface area contributed by atoms with Gasteiger partial charge in [-0.3, -0.25) is 0 Å². The lowest BCUT2D eigenvalue weighted by atomic mass is 10.1. The molecule has 0 aliphatic heterocycles. The van der Waals surface area contributed by atoms with Gasteiger partial charge in [0.1, 0.15) is 0 Å². The number of hydrogen-bond acceptors (Lipinski definition) is 3. The van der Waals surface area contributed by atoms with Crippen LogP contribution in [0.15, 0.2) is 18.2 Å². The van der Waals surface area contributed by atoms with E-state index < -0.39 is 0 Å². The summed E-state index contributed by atoms with van der Waals surface area (Å²) < 4.78 is 0. The van der Waals surface area contributed by atoms with Gasteiger partial charge in [-0.2, -0.15) is 0 Å². The molecule has 18 heavy (non-hydrogen) atoms. The molecule has 0 saturated heterocycles. The largest absolute Gasteiger partial charge is 0.399 e. The first-order chi connectivity index (χ1) is 8.70. The normalized spacial score (nSPS) is 19.8. The van der Waals surface area contributed by atoms with Crippen LogP contribution >= 0.6 is 0 Å². The van der Waals surface area contributed by atoms with Crippen molar-refractivity contribution in [2.75, 3.05) is 18.9 Å². The number of anilines is 1. The first kappa shape index (κ1) is 13.4. The Morgan fingerprint density at radius 2 is 2.33 bits per heavy atom. The highest BCUT2D eigenvalue weighted by atomic mass is 16.3. The monoisotopic (exact) mass is 248 g/mol. The standard InChI is InChI=1S/C15H24N2O/c1-11(10-18)3-2-8-17-15-7-4-12-9-13(16)5-6-14(12)15/h5-6,9,11,15,17-18H,2-4,7-8,10,16H2,1H3. The van der Waals surface area contributed by atoms with E-state index in [1.807, 2.05) is 6.07 Å². The van der Waals surface area contributed by atoms with Crippen molar-refractivity contribution in [1.82, 2.24) is 5.32 Å². The lowest BCUT2D eigenvalue weighted by Gasteiger charge is -2.15. The van der Waals surface area contributed by atoms with Gasteiger partial charge in [-0.1, -0.05) is 13.0 Å². The van der Waals surface area contributed by atoms with Crippen molar-refractivity contribution >= 4 is 5.69 Å². The second-order valence-electron chi connectivity index (χ2n) is 5.43. The van der Waals surface area contributed by atoms with E-state index in [4.69, 9.17) is 10.8 Å². The molecule has 2 unspecified atom stereocenters. The molecule has 0 fully saturated rings. The van der Waals surface area contributed by atoms with Crippen LogP contribution in [-0.4, -0.2) is 18.3 Å². The van der Waals surface area contributed by atoms with Gasteiger partial charge in [-0.05, 0) is 61.4 Å². The molecule has 0 bridgehead atoms. The first-order valence-electron chi connectivity index (χ1n) is 6.93. The summed E-state index contributed by atoms with van der Waals surface area (Å²) >= 11 is 0. The quantitative estimate of drug-likeness (QED) is 0.534. The smallest absolute Gasteiger partial charge is 0.0456 e. The summed E-state index contributed by atoms with van der Waals surface area (Å²) in [6.45, 7) is 3.41. The van der Waals surface area contributed by atoms with Gasteiger partial charge in [0.2, 0.25) is 0 Å². The summed E-state index contributed by atoms with van der Waals surface area (Å²) in [4.78, 5) is 0. The predicted molar refractivity (Wildman–Crippen MR) is 75.4 cm³/mol. The van der Waals surface area contributed by atoms with Crippen LogP contribution in [0, 0.1) is 5.92 Å². The average Bonchev–Trinajstić information content (AvgIpc) is 2.76. The van der Waals surface area contributed by atoms with Crippen LogP contribution < -0.4 is 11.1 Å². The number of aryl methyl sites for hydroxylation is 1. The van der Waals surface area contributed by atoms with E-state index in [0.29, 0.717) is 18.6 Å². The predicted octanol–water partition coefficient (Wildman–Crippen LogP) is 2.25. The van der Waals surface area contributed by atoms with Crippen LogP contribution in [0.5, 0.6) is 0 Å². The van der Waals surface area contributed by atoms with Gasteiger partial charge in [-0.25, -0.2) is 0 Å². The third-order valence-corrected chi connectivity index (χ3v) is 3.82. The van der Waals surface area contributed by atoms with Crippen LogP contribution in [0.1, 0.15) is 43.4 Å². The molecule has 1 aliphatic carbocycles. The number of aliphatic hydroxyl groups is 1. The Balaban J connectivity index is 1.79. The highest BCUT2D eigenvalue weighted by Crippen LogP contribution is 2.32. The van der Waals surface area contributed by atoms with Crippen molar-refractivity contribution in [3.63, 3.8) is 0 Å². The van der Waals surface area contributed by atoms with Crippen LogP contribution in [-0.2, 0) is 6.42 Å². The number of hydrogen-bond donors (Lipinski definition) is 3. The molecule has 1 aromatic rings. The number of nitrogen functional groups attached to an aromatic ring is 1. The van der Waals surface area contributed by atoms with Gasteiger partial charge in [0.25, 0.3) is 0 Å². The summed E-state index contributed by atoms with van der Waals surface area (Å²) in [7, 11) is 0. The molecule has 1 aromatic carbocycles. The fraction of sp³-hybridized carbons (Fsp3) is 0.600. The number of aliphatic hydroxyl groups excluding tert-OH is 1. The molecule has 0 aromatic heterocycles. The van der Waals surface area contributed by atoms with Crippen molar-refractivity contribution in [2.45, 2.75) is 38.6 Å². The Bertz CT molecular complexity index is 392. The molecule has 3 heteroatoms. The maximum absolute atomic E-state index is 8.97. The molecule has 0 radical (unpaired) electrons. The van der Waals surface area contributed by atoms with Crippen molar-refractivity contribution in [3.05, 3.63) is 29.3 Å². The van der Waals surface area contributed by atoms with E-state index in [9.17, 15) is 0 Å². The van der Waals surface area contributed by atoms with Gasteiger partial charge in [0.05, 0.1) is 0 Å². The molecule has 100 valence electrons. The van der Waals surface area contributed by atoms with Gasteiger partial charge < -0.3 is 16.2 Å². The number of fused-ring (bicyclic) bond motifs is 1. The summed E-state index contributed by atoms with van der Waals surface area (Å²) in [5, 5.41) is 12.6. The summed E-state index contributed by atoms with van der Waals surface area (Å²) in [6, 6.07) is 6.74. The maximum atomic E-state index is 8.97. The van der Waals surface area contributed by atoms with Gasteiger partial charge in [-0.15, -0.1) is 0 Å². The zero-order valence-corrected chi connectivity index (χ0v) is 11.2. The van der Waals surface area contributed by atoms with E-state index in [1.54, 1.807) is 0 Å². The molecule has 1 aliphatic rings. The van der Waals surface area contributed by atoms with Crippen LogP contribution in [0.3, 0.4) is 0 Å². The molecule has 0 spiro atoms. The van der Waals surface area contributed by atoms with Gasteiger partial charge in [0, 0.05) is 18.3 Å². The fourth-order valence-electron chi connectivity index (χ4n) is 2.67. The minimum atomic E-state index is 0.297. The minimum Gasteiger partial charge on any atom is -0.399 e. The second-order valence-corrected chi connectivity index (χ2v) is 5.43. The zero-order chi connectivity index (χ0) is 13.0. The number of rotatable bonds is 6. The number of nitrogens with one attached hydrogen (secondary N) is 1. The Hall–Kier alpha value is -1.06. The van der Waals surface area contributed by atoms with Crippen molar-refractivity contribution < 1.29 is 5.11 Å². The minimum absolute atomic E-state index is 0.297. The molecule has 4 N–H and O–H groups in total.